The van der Waals surface area contributed by atoms with Crippen molar-refractivity contribution in [3.8, 4) is 23.0 Å². The fraction of sp³-hybridized carbons (Fsp3) is 0.400. The number of amides is 6. The van der Waals surface area contributed by atoms with E-state index in [1.807, 2.05) is 0 Å². The number of fused-ring (bicyclic) bond motifs is 2. The summed E-state index contributed by atoms with van der Waals surface area (Å²) in [7, 11) is 7.43. The van der Waals surface area contributed by atoms with Crippen LogP contribution in [0, 0.1) is 0 Å². The van der Waals surface area contributed by atoms with Gasteiger partial charge in [-0.25, -0.2) is 0 Å². The highest BCUT2D eigenvalue weighted by Crippen LogP contribution is 2.34. The van der Waals surface area contributed by atoms with E-state index in [-0.39, 0.29) is 19.3 Å². The number of hydrogen-bond donors (Lipinski definition) is 3. The Hall–Kier alpha value is -6.12. The molecule has 1 fully saturated rings. The van der Waals surface area contributed by atoms with E-state index in [1.165, 1.54) is 63.9 Å². The average molecular weight is 757 g/mol. The molecule has 0 spiro atoms. The number of carbonyl (C=O) groups is 6. The summed E-state index contributed by atoms with van der Waals surface area (Å²) < 4.78 is 16.9. The first-order chi connectivity index (χ1) is 26.2. The minimum Gasteiger partial charge on any atom is -0.497 e. The second kappa shape index (κ2) is 17.3. The smallest absolute Gasteiger partial charge is 0.246 e. The van der Waals surface area contributed by atoms with E-state index < -0.39 is 72.2 Å². The molecule has 0 aromatic heterocycles. The van der Waals surface area contributed by atoms with Gasteiger partial charge >= 0.3 is 0 Å². The molecule has 6 rings (SSSR count). The number of nitrogens with zero attached hydrogens (tertiary/aromatic N) is 3. The predicted octanol–water partition coefficient (Wildman–Crippen LogP) is 1.46. The van der Waals surface area contributed by atoms with Crippen LogP contribution in [0.4, 0.5) is 0 Å². The molecule has 292 valence electrons. The highest BCUT2D eigenvalue weighted by Gasteiger charge is 2.38. The van der Waals surface area contributed by atoms with E-state index in [2.05, 4.69) is 16.0 Å². The molecule has 15 heteroatoms. The Morgan fingerprint density at radius 1 is 0.673 bits per heavy atom. The number of ether oxygens (including phenoxy) is 3. The minimum absolute atomic E-state index is 0.00998. The molecule has 5 atom stereocenters. The quantitative estimate of drug-likeness (QED) is 0.356. The standard InChI is InChI=1S/C40H48N6O9/c1-23-36(48)41-22-35(47)44(3)30(18-25-8-13-28(53-6)14-9-25)37(49)43-24(2)39(51)46(5)32-19-26-10-15-29(16-11-26)55-34-21-27(12-17-33(34)54-7)20-31(38(50)42-23)45(4)40(32)52/h8-17,21,23-24,30-32H,18-20,22H2,1-7H3,(H,41,48)(H,42,50)(H,43,49)/t23-,24+,30+,31+,32+/m1/s1. The Bertz CT molecular complexity index is 1920. The maximum Gasteiger partial charge on any atom is 0.246 e. The van der Waals surface area contributed by atoms with Crippen molar-refractivity contribution in [2.45, 2.75) is 63.3 Å². The average Bonchev–Trinajstić information content (AvgIpc) is 3.18. The van der Waals surface area contributed by atoms with Gasteiger partial charge in [0.25, 0.3) is 0 Å². The summed E-state index contributed by atoms with van der Waals surface area (Å²) in [5.41, 5.74) is 2.03. The topological polar surface area (TPSA) is 176 Å². The molecule has 3 aliphatic heterocycles. The molecule has 1 saturated heterocycles. The fourth-order valence-corrected chi connectivity index (χ4v) is 6.59. The first-order valence-corrected chi connectivity index (χ1v) is 17.9. The second-order valence-corrected chi connectivity index (χ2v) is 13.8. The monoisotopic (exact) mass is 756 g/mol. The lowest BCUT2D eigenvalue weighted by molar-refractivity contribution is -0.149. The van der Waals surface area contributed by atoms with Gasteiger partial charge in [-0.05, 0) is 66.9 Å². The molecule has 6 amide bonds. The van der Waals surface area contributed by atoms with Gasteiger partial charge in [0.15, 0.2) is 11.5 Å². The lowest BCUT2D eigenvalue weighted by Gasteiger charge is -2.36. The van der Waals surface area contributed by atoms with Crippen molar-refractivity contribution >= 4 is 35.4 Å². The summed E-state index contributed by atoms with van der Waals surface area (Å²) in [6, 6.07) is 13.6. The van der Waals surface area contributed by atoms with Crippen molar-refractivity contribution in [2.75, 3.05) is 41.9 Å². The number of carbonyl (C=O) groups excluding carboxylic acids is 6. The maximum atomic E-state index is 14.6. The van der Waals surface area contributed by atoms with E-state index in [0.29, 0.717) is 39.7 Å². The lowest BCUT2D eigenvalue weighted by Crippen LogP contribution is -2.60. The second-order valence-electron chi connectivity index (χ2n) is 13.8. The molecule has 6 bridgehead atoms. The third kappa shape index (κ3) is 9.34. The lowest BCUT2D eigenvalue weighted by atomic mass is 9.98. The molecule has 0 radical (unpaired) electrons. The van der Waals surface area contributed by atoms with Crippen LogP contribution < -0.4 is 30.2 Å². The van der Waals surface area contributed by atoms with Gasteiger partial charge in [0, 0.05) is 40.4 Å². The van der Waals surface area contributed by atoms with Gasteiger partial charge in [-0.3, -0.25) is 28.8 Å². The van der Waals surface area contributed by atoms with Crippen LogP contribution in [0.2, 0.25) is 0 Å². The zero-order valence-corrected chi connectivity index (χ0v) is 32.1. The summed E-state index contributed by atoms with van der Waals surface area (Å²) in [5.74, 6) is -1.62. The molecule has 3 aromatic rings. The van der Waals surface area contributed by atoms with Gasteiger partial charge in [0.05, 0.1) is 20.8 Å². The van der Waals surface area contributed by atoms with Crippen LogP contribution in [0.25, 0.3) is 0 Å². The van der Waals surface area contributed by atoms with Gasteiger partial charge in [-0.1, -0.05) is 30.3 Å². The van der Waals surface area contributed by atoms with Crippen molar-refractivity contribution in [2.24, 2.45) is 0 Å². The van der Waals surface area contributed by atoms with E-state index >= 15 is 0 Å². The number of likely N-dealkylation sites (N-methyl/N-ethyl adjacent to an activating group) is 3. The van der Waals surface area contributed by atoms with Crippen molar-refractivity contribution in [3.05, 3.63) is 83.4 Å². The Morgan fingerprint density at radius 2 is 1.29 bits per heavy atom. The molecule has 3 aliphatic rings. The molecule has 3 aromatic carbocycles. The molecule has 3 N–H and O–H groups in total. The molecular formula is C40H48N6O9. The van der Waals surface area contributed by atoms with Crippen LogP contribution in [0.3, 0.4) is 0 Å². The number of nitrogens with one attached hydrogen (secondary N) is 3. The van der Waals surface area contributed by atoms with Crippen molar-refractivity contribution in [1.29, 1.82) is 0 Å². The van der Waals surface area contributed by atoms with Crippen LogP contribution in [-0.4, -0.2) is 122 Å². The van der Waals surface area contributed by atoms with Gasteiger partial charge in [-0.15, -0.1) is 0 Å². The predicted molar refractivity (Wildman–Crippen MR) is 202 cm³/mol. The molecule has 55 heavy (non-hydrogen) atoms. The largest absolute Gasteiger partial charge is 0.497 e. The highest BCUT2D eigenvalue weighted by atomic mass is 16.5. The van der Waals surface area contributed by atoms with Gasteiger partial charge in [0.2, 0.25) is 35.4 Å². The molecule has 0 saturated carbocycles. The zero-order valence-electron chi connectivity index (χ0n) is 32.1. The van der Waals surface area contributed by atoms with Gasteiger partial charge < -0.3 is 44.9 Å². The summed E-state index contributed by atoms with van der Waals surface area (Å²) >= 11 is 0. The van der Waals surface area contributed by atoms with Crippen LogP contribution >= 0.6 is 0 Å². The number of methoxy groups -OCH3 is 2. The summed E-state index contributed by atoms with van der Waals surface area (Å²) in [5, 5.41) is 8.01. The van der Waals surface area contributed by atoms with Crippen molar-refractivity contribution < 1.29 is 43.0 Å². The van der Waals surface area contributed by atoms with E-state index in [4.69, 9.17) is 14.2 Å². The zero-order chi connectivity index (χ0) is 40.0. The minimum atomic E-state index is -1.15. The van der Waals surface area contributed by atoms with Gasteiger partial charge in [0.1, 0.15) is 41.7 Å². The summed E-state index contributed by atoms with van der Waals surface area (Å²) in [4.78, 5) is 87.3. The van der Waals surface area contributed by atoms with Crippen LogP contribution in [0.1, 0.15) is 30.5 Å². The third-order valence-corrected chi connectivity index (χ3v) is 10.1. The molecule has 0 unspecified atom stereocenters. The van der Waals surface area contributed by atoms with Crippen molar-refractivity contribution in [1.82, 2.24) is 30.7 Å². The Morgan fingerprint density at radius 3 is 1.95 bits per heavy atom. The number of hydrogen-bond acceptors (Lipinski definition) is 9. The van der Waals surface area contributed by atoms with Crippen LogP contribution in [0.15, 0.2) is 66.7 Å². The first kappa shape index (κ1) is 40.1. The molecule has 15 nitrogen and oxygen atoms in total. The van der Waals surface area contributed by atoms with E-state index in [0.717, 1.165) is 0 Å². The van der Waals surface area contributed by atoms with E-state index in [1.54, 1.807) is 66.7 Å². The Labute approximate surface area is 320 Å². The SMILES string of the molecule is COc1ccc(C[C@H]2C(=O)N[C@@H](C)C(=O)N(C)[C@H]3Cc4ccc(cc4)Oc4cc(ccc4OC)C[C@@H](C(=O)N[C@H](C)C(=O)NCC(=O)N2C)N(C)C3=O)cc1. The summed E-state index contributed by atoms with van der Waals surface area (Å²) in [6.45, 7) is 2.49. The number of benzene rings is 3. The maximum absolute atomic E-state index is 14.6. The fourth-order valence-electron chi connectivity index (χ4n) is 6.59. The summed E-state index contributed by atoms with van der Waals surface area (Å²) in [6.07, 6.45) is 0.152. The van der Waals surface area contributed by atoms with Gasteiger partial charge in [-0.2, -0.15) is 0 Å². The number of rotatable bonds is 4. The van der Waals surface area contributed by atoms with Crippen LogP contribution in [-0.2, 0) is 48.0 Å². The van der Waals surface area contributed by atoms with E-state index in [9.17, 15) is 28.8 Å². The Kier molecular flexibility index (Phi) is 12.6. The molecular weight excluding hydrogens is 708 g/mol. The third-order valence-electron chi connectivity index (χ3n) is 10.1. The van der Waals surface area contributed by atoms with Crippen molar-refractivity contribution in [3.63, 3.8) is 0 Å². The Balaban J connectivity index is 1.56. The molecule has 0 aliphatic carbocycles. The highest BCUT2D eigenvalue weighted by molar-refractivity contribution is 5.97. The first-order valence-electron chi connectivity index (χ1n) is 17.9. The van der Waals surface area contributed by atoms with Crippen LogP contribution in [0.5, 0.6) is 23.0 Å². The molecule has 3 heterocycles. The normalized spacial score (nSPS) is 23.2.